The normalized spacial score (nSPS) is 12.6. The highest BCUT2D eigenvalue weighted by Gasteiger charge is 2.05. The van der Waals surface area contributed by atoms with Crippen molar-refractivity contribution in [1.29, 1.82) is 0 Å². The van der Waals surface area contributed by atoms with Crippen LogP contribution < -0.4 is 5.73 Å². The first-order valence-corrected chi connectivity index (χ1v) is 4.85. The van der Waals surface area contributed by atoms with Crippen molar-refractivity contribution in [2.24, 2.45) is 5.73 Å². The van der Waals surface area contributed by atoms with E-state index in [1.807, 2.05) is 19.1 Å². The summed E-state index contributed by atoms with van der Waals surface area (Å²) < 4.78 is 1.21. The van der Waals surface area contributed by atoms with E-state index in [2.05, 4.69) is 41.3 Å². The molecule has 64 valence electrons. The first kappa shape index (κ1) is 9.74. The number of hydrogen-bond acceptors (Lipinski definition) is 1. The van der Waals surface area contributed by atoms with Crippen molar-refractivity contribution in [2.45, 2.75) is 13.0 Å². The summed E-state index contributed by atoms with van der Waals surface area (Å²) in [5.41, 5.74) is 8.03. The van der Waals surface area contributed by atoms with Gasteiger partial charge in [0.05, 0.1) is 6.04 Å². The molecule has 0 bridgehead atoms. The molecule has 0 saturated carbocycles. The quantitative estimate of drug-likeness (QED) is 0.650. The molecule has 2 N–H and O–H groups in total. The maximum absolute atomic E-state index is 5.90. The fourth-order valence-corrected chi connectivity index (χ4v) is 1.55. The summed E-state index contributed by atoms with van der Waals surface area (Å²) in [6, 6.07) is 8.15. The smallest absolute Gasteiger partial charge is 0.0505 e. The molecular weight excluding hydrogens is 261 g/mol. The van der Waals surface area contributed by atoms with Gasteiger partial charge in [0.1, 0.15) is 0 Å². The Kier molecular flexibility index (Phi) is 3.29. The average Bonchev–Trinajstić information content (AvgIpc) is 2.03. The molecule has 0 fully saturated rings. The fourth-order valence-electron chi connectivity index (χ4n) is 0.985. The topological polar surface area (TPSA) is 26.0 Å². The van der Waals surface area contributed by atoms with Gasteiger partial charge in [0.2, 0.25) is 0 Å². The van der Waals surface area contributed by atoms with Crippen LogP contribution in [0.3, 0.4) is 0 Å². The van der Waals surface area contributed by atoms with E-state index in [0.29, 0.717) is 0 Å². The molecule has 1 aromatic rings. The molecule has 0 aromatic heterocycles. The van der Waals surface area contributed by atoms with Crippen LogP contribution in [0.4, 0.5) is 0 Å². The van der Waals surface area contributed by atoms with Gasteiger partial charge in [-0.1, -0.05) is 24.3 Å². The molecule has 0 aliphatic carbocycles. The molecule has 1 atom stereocenters. The molecule has 0 radical (unpaired) electrons. The van der Waals surface area contributed by atoms with E-state index in [0.717, 1.165) is 11.1 Å². The third-order valence-corrected chi connectivity index (χ3v) is 2.41. The first-order chi connectivity index (χ1) is 5.61. The highest BCUT2D eigenvalue weighted by molar-refractivity contribution is 14.1. The highest BCUT2D eigenvalue weighted by Crippen LogP contribution is 2.18. The van der Waals surface area contributed by atoms with E-state index in [9.17, 15) is 0 Å². The van der Waals surface area contributed by atoms with Gasteiger partial charge in [0, 0.05) is 3.57 Å². The number of hydrogen-bond donors (Lipinski definition) is 1. The molecule has 1 nitrogen and oxygen atoms in total. The molecule has 0 heterocycles. The van der Waals surface area contributed by atoms with Crippen molar-refractivity contribution in [3.63, 3.8) is 0 Å². The van der Waals surface area contributed by atoms with Gasteiger partial charge in [-0.15, -0.1) is 0 Å². The average molecular weight is 273 g/mol. The Morgan fingerprint density at radius 1 is 1.58 bits per heavy atom. The van der Waals surface area contributed by atoms with Crippen LogP contribution in [0.25, 0.3) is 0 Å². The second-order valence-corrected chi connectivity index (χ2v) is 4.12. The highest BCUT2D eigenvalue weighted by atomic mass is 127. The maximum atomic E-state index is 5.90. The van der Waals surface area contributed by atoms with Crippen LogP contribution in [-0.2, 0) is 0 Å². The molecule has 0 aliphatic rings. The lowest BCUT2D eigenvalue weighted by Gasteiger charge is -2.11. The van der Waals surface area contributed by atoms with Gasteiger partial charge in [-0.3, -0.25) is 0 Å². The number of benzene rings is 1. The second-order valence-electron chi connectivity index (χ2n) is 2.88. The molecule has 1 unspecified atom stereocenters. The number of rotatable bonds is 2. The van der Waals surface area contributed by atoms with Crippen molar-refractivity contribution in [3.8, 4) is 0 Å². The van der Waals surface area contributed by atoms with Gasteiger partial charge in [-0.25, -0.2) is 0 Å². The van der Waals surface area contributed by atoms with Crippen molar-refractivity contribution in [3.05, 3.63) is 45.6 Å². The van der Waals surface area contributed by atoms with Crippen LogP contribution >= 0.6 is 22.6 Å². The standard InChI is InChI=1S/C10H12IN/c1-7(2)10(12)8-4-3-5-9(11)6-8/h3-6,10H,1,12H2,2H3. The van der Waals surface area contributed by atoms with Crippen LogP contribution in [0.2, 0.25) is 0 Å². The minimum atomic E-state index is -0.0280. The lowest BCUT2D eigenvalue weighted by atomic mass is 10.0. The zero-order valence-electron chi connectivity index (χ0n) is 7.05. The van der Waals surface area contributed by atoms with Crippen LogP contribution in [-0.4, -0.2) is 0 Å². The van der Waals surface area contributed by atoms with Crippen molar-refractivity contribution < 1.29 is 0 Å². The zero-order chi connectivity index (χ0) is 9.14. The summed E-state index contributed by atoms with van der Waals surface area (Å²) in [5.74, 6) is 0. The Labute approximate surface area is 86.8 Å². The van der Waals surface area contributed by atoms with Gasteiger partial charge in [-0.05, 0) is 47.2 Å². The first-order valence-electron chi connectivity index (χ1n) is 3.77. The molecule has 0 spiro atoms. The summed E-state index contributed by atoms with van der Waals surface area (Å²) in [5, 5.41) is 0. The SMILES string of the molecule is C=C(C)C(N)c1cccc(I)c1. The van der Waals surface area contributed by atoms with E-state index in [4.69, 9.17) is 5.73 Å². The number of nitrogens with two attached hydrogens (primary N) is 1. The minimum Gasteiger partial charge on any atom is -0.321 e. The molecule has 0 saturated heterocycles. The Hall–Kier alpha value is -0.350. The Morgan fingerprint density at radius 3 is 2.75 bits per heavy atom. The predicted octanol–water partition coefficient (Wildman–Crippen LogP) is 2.87. The second kappa shape index (κ2) is 4.05. The summed E-state index contributed by atoms with van der Waals surface area (Å²) in [7, 11) is 0. The third kappa shape index (κ3) is 2.32. The monoisotopic (exact) mass is 273 g/mol. The summed E-state index contributed by atoms with van der Waals surface area (Å²) in [6.45, 7) is 5.78. The summed E-state index contributed by atoms with van der Waals surface area (Å²) >= 11 is 2.28. The van der Waals surface area contributed by atoms with Crippen LogP contribution in [0.1, 0.15) is 18.5 Å². The van der Waals surface area contributed by atoms with Crippen molar-refractivity contribution in [2.75, 3.05) is 0 Å². The van der Waals surface area contributed by atoms with E-state index in [1.165, 1.54) is 3.57 Å². The van der Waals surface area contributed by atoms with E-state index >= 15 is 0 Å². The van der Waals surface area contributed by atoms with Crippen LogP contribution in [0.15, 0.2) is 36.4 Å². The van der Waals surface area contributed by atoms with Gasteiger partial charge in [-0.2, -0.15) is 0 Å². The molecule has 1 rings (SSSR count). The van der Waals surface area contributed by atoms with E-state index in [1.54, 1.807) is 0 Å². The van der Waals surface area contributed by atoms with Crippen molar-refractivity contribution >= 4 is 22.6 Å². The predicted molar refractivity (Wildman–Crippen MR) is 60.9 cm³/mol. The van der Waals surface area contributed by atoms with E-state index < -0.39 is 0 Å². The molecule has 2 heteroatoms. The van der Waals surface area contributed by atoms with Crippen LogP contribution in [0, 0.1) is 3.57 Å². The zero-order valence-corrected chi connectivity index (χ0v) is 9.21. The largest absolute Gasteiger partial charge is 0.321 e. The summed E-state index contributed by atoms with van der Waals surface area (Å²) in [6.07, 6.45) is 0. The lowest BCUT2D eigenvalue weighted by molar-refractivity contribution is 0.850. The third-order valence-electron chi connectivity index (χ3n) is 1.74. The molecule has 1 aromatic carbocycles. The molecule has 12 heavy (non-hydrogen) atoms. The lowest BCUT2D eigenvalue weighted by Crippen LogP contribution is -2.10. The molecule has 0 amide bonds. The van der Waals surface area contributed by atoms with Gasteiger partial charge >= 0.3 is 0 Å². The fraction of sp³-hybridized carbons (Fsp3) is 0.200. The van der Waals surface area contributed by atoms with Gasteiger partial charge < -0.3 is 5.73 Å². The van der Waals surface area contributed by atoms with E-state index in [-0.39, 0.29) is 6.04 Å². The van der Waals surface area contributed by atoms with Crippen LogP contribution in [0.5, 0.6) is 0 Å². The maximum Gasteiger partial charge on any atom is 0.0505 e. The minimum absolute atomic E-state index is 0.0280. The Bertz CT molecular complexity index is 294. The molecule has 0 aliphatic heterocycles. The van der Waals surface area contributed by atoms with Gasteiger partial charge in [0.15, 0.2) is 0 Å². The van der Waals surface area contributed by atoms with Crippen molar-refractivity contribution in [1.82, 2.24) is 0 Å². The Balaban J connectivity index is 2.95. The molecular formula is C10H12IN. The number of halogens is 1. The Morgan fingerprint density at radius 2 is 2.25 bits per heavy atom. The summed E-state index contributed by atoms with van der Waals surface area (Å²) in [4.78, 5) is 0. The van der Waals surface area contributed by atoms with Gasteiger partial charge in [0.25, 0.3) is 0 Å².